The van der Waals surface area contributed by atoms with Gasteiger partial charge in [0.1, 0.15) is 12.4 Å². The monoisotopic (exact) mass is 510 g/mol. The van der Waals surface area contributed by atoms with E-state index in [0.717, 1.165) is 44.5 Å². The molecule has 0 amide bonds. The van der Waals surface area contributed by atoms with E-state index in [9.17, 15) is 0 Å². The van der Waals surface area contributed by atoms with Gasteiger partial charge < -0.3 is 10.2 Å². The van der Waals surface area contributed by atoms with Gasteiger partial charge >= 0.3 is 0 Å². The minimum absolute atomic E-state index is 0.514. The molecule has 0 saturated heterocycles. The zero-order valence-corrected chi connectivity index (χ0v) is 18.8. The van der Waals surface area contributed by atoms with Crippen molar-refractivity contribution in [1.29, 1.82) is 0 Å². The number of hydrogen-bond acceptors (Lipinski definition) is 4. The number of rotatable bonds is 8. The van der Waals surface area contributed by atoms with Gasteiger partial charge in [0.2, 0.25) is 4.77 Å². The van der Waals surface area contributed by atoms with Gasteiger partial charge in [-0.25, -0.2) is 4.68 Å². The Kier molecular flexibility index (Phi) is 7.09. The lowest BCUT2D eigenvalue weighted by Crippen LogP contribution is -2.17. The predicted octanol–water partition coefficient (Wildman–Crippen LogP) is 5.74. The minimum Gasteiger partial charge on any atom is -0.487 e. The van der Waals surface area contributed by atoms with Crippen molar-refractivity contribution in [2.75, 3.05) is 5.43 Å². The van der Waals surface area contributed by atoms with Gasteiger partial charge in [-0.05, 0) is 73.8 Å². The van der Waals surface area contributed by atoms with E-state index in [4.69, 9.17) is 17.0 Å². The fourth-order valence-electron chi connectivity index (χ4n) is 2.64. The molecule has 1 aromatic heterocycles. The van der Waals surface area contributed by atoms with Crippen molar-refractivity contribution in [3.8, 4) is 5.75 Å². The number of aromatic nitrogens is 3. The zero-order chi connectivity index (χ0) is 19.2. The largest absolute Gasteiger partial charge is 0.487 e. The average Bonchev–Trinajstić information content (AvgIpc) is 3.00. The van der Waals surface area contributed by atoms with Crippen LogP contribution >= 0.6 is 44.1 Å². The van der Waals surface area contributed by atoms with Crippen LogP contribution in [0.4, 0.5) is 0 Å². The molecule has 0 saturated carbocycles. The number of aryl methyl sites for hydroxylation is 1. The second kappa shape index (κ2) is 9.52. The SMILES string of the molecule is CCCc1n[nH]c(=S)n1NCc1cc(Br)c(OCc2ccccc2)c(Br)c1. The van der Waals surface area contributed by atoms with Gasteiger partial charge in [-0.2, -0.15) is 5.10 Å². The molecular weight excluding hydrogens is 492 g/mol. The summed E-state index contributed by atoms with van der Waals surface area (Å²) < 4.78 is 10.2. The third-order valence-corrected chi connectivity index (χ3v) is 5.39. The number of hydrogen-bond donors (Lipinski definition) is 2. The van der Waals surface area contributed by atoms with E-state index in [1.807, 2.05) is 47.1 Å². The number of benzene rings is 2. The Morgan fingerprint density at radius 1 is 1.15 bits per heavy atom. The fraction of sp³-hybridized carbons (Fsp3) is 0.263. The number of ether oxygens (including phenoxy) is 1. The van der Waals surface area contributed by atoms with Gasteiger partial charge in [-0.15, -0.1) is 0 Å². The average molecular weight is 512 g/mol. The molecule has 0 radical (unpaired) electrons. The number of aromatic amines is 1. The maximum Gasteiger partial charge on any atom is 0.214 e. The second-order valence-electron chi connectivity index (χ2n) is 6.03. The summed E-state index contributed by atoms with van der Waals surface area (Å²) in [5.74, 6) is 1.69. The molecule has 3 aromatic rings. The van der Waals surface area contributed by atoms with Crippen molar-refractivity contribution < 1.29 is 4.74 Å². The van der Waals surface area contributed by atoms with Crippen molar-refractivity contribution in [2.24, 2.45) is 0 Å². The molecule has 0 spiro atoms. The molecule has 142 valence electrons. The molecule has 3 rings (SSSR count). The molecule has 0 atom stereocenters. The van der Waals surface area contributed by atoms with Gasteiger partial charge in [0.05, 0.1) is 15.5 Å². The third-order valence-electron chi connectivity index (χ3n) is 3.94. The predicted molar refractivity (Wildman–Crippen MR) is 117 cm³/mol. The summed E-state index contributed by atoms with van der Waals surface area (Å²) >= 11 is 12.5. The van der Waals surface area contributed by atoms with E-state index in [1.54, 1.807) is 0 Å². The summed E-state index contributed by atoms with van der Waals surface area (Å²) in [6, 6.07) is 14.2. The van der Waals surface area contributed by atoms with E-state index in [1.165, 1.54) is 0 Å². The maximum absolute atomic E-state index is 5.98. The highest BCUT2D eigenvalue weighted by Crippen LogP contribution is 2.35. The highest BCUT2D eigenvalue weighted by molar-refractivity contribution is 9.11. The molecule has 5 nitrogen and oxygen atoms in total. The first-order valence-electron chi connectivity index (χ1n) is 8.63. The lowest BCUT2D eigenvalue weighted by Gasteiger charge is -2.14. The third kappa shape index (κ3) is 5.21. The quantitative estimate of drug-likeness (QED) is 0.378. The van der Waals surface area contributed by atoms with Gasteiger partial charge in [0, 0.05) is 6.42 Å². The van der Waals surface area contributed by atoms with Gasteiger partial charge in [0.25, 0.3) is 0 Å². The molecule has 27 heavy (non-hydrogen) atoms. The highest BCUT2D eigenvalue weighted by Gasteiger charge is 2.11. The summed E-state index contributed by atoms with van der Waals surface area (Å²) in [7, 11) is 0. The van der Waals surface area contributed by atoms with Crippen LogP contribution in [0.2, 0.25) is 0 Å². The molecule has 8 heteroatoms. The van der Waals surface area contributed by atoms with Crippen molar-refractivity contribution >= 4 is 44.1 Å². The van der Waals surface area contributed by atoms with Crippen LogP contribution in [0, 0.1) is 4.77 Å². The molecule has 2 aromatic carbocycles. The molecule has 2 N–H and O–H groups in total. The standard InChI is InChI=1S/C19H20Br2N4OS/c1-2-6-17-23-24-19(27)25(17)22-11-14-9-15(20)18(16(21)10-14)26-12-13-7-4-3-5-8-13/h3-5,7-10,22H,2,6,11-12H2,1H3,(H,24,27). The van der Waals surface area contributed by atoms with Crippen molar-refractivity contribution in [2.45, 2.75) is 32.9 Å². The second-order valence-corrected chi connectivity index (χ2v) is 8.12. The van der Waals surface area contributed by atoms with Crippen LogP contribution in [0.5, 0.6) is 5.75 Å². The van der Waals surface area contributed by atoms with Crippen LogP contribution < -0.4 is 10.2 Å². The van der Waals surface area contributed by atoms with Crippen molar-refractivity contribution in [3.05, 3.63) is 73.1 Å². The topological polar surface area (TPSA) is 54.9 Å². The molecule has 0 unspecified atom stereocenters. The van der Waals surface area contributed by atoms with Crippen LogP contribution in [0.25, 0.3) is 0 Å². The normalized spacial score (nSPS) is 10.8. The van der Waals surface area contributed by atoms with Crippen molar-refractivity contribution in [1.82, 2.24) is 14.9 Å². The first-order valence-corrected chi connectivity index (χ1v) is 10.6. The van der Waals surface area contributed by atoms with E-state index >= 15 is 0 Å². The van der Waals surface area contributed by atoms with Crippen LogP contribution in [0.3, 0.4) is 0 Å². The number of nitrogens with zero attached hydrogens (tertiary/aromatic N) is 2. The Balaban J connectivity index is 1.69. The lowest BCUT2D eigenvalue weighted by molar-refractivity contribution is 0.302. The summed E-state index contributed by atoms with van der Waals surface area (Å²) in [5, 5.41) is 7.10. The Morgan fingerprint density at radius 2 is 1.85 bits per heavy atom. The zero-order valence-electron chi connectivity index (χ0n) is 14.8. The van der Waals surface area contributed by atoms with Gasteiger partial charge in [-0.1, -0.05) is 37.3 Å². The fourth-order valence-corrected chi connectivity index (χ4v) is 4.36. The summed E-state index contributed by atoms with van der Waals surface area (Å²) in [6.07, 6.45) is 1.87. The maximum atomic E-state index is 5.98. The Morgan fingerprint density at radius 3 is 2.52 bits per heavy atom. The van der Waals surface area contributed by atoms with Crippen LogP contribution in [0.1, 0.15) is 30.3 Å². The van der Waals surface area contributed by atoms with E-state index < -0.39 is 0 Å². The molecule has 0 aliphatic carbocycles. The Hall–Kier alpha value is -1.64. The molecule has 1 heterocycles. The first kappa shape index (κ1) is 20.1. The summed E-state index contributed by atoms with van der Waals surface area (Å²) in [6.45, 7) is 3.24. The summed E-state index contributed by atoms with van der Waals surface area (Å²) in [5.41, 5.74) is 5.54. The number of nitrogens with one attached hydrogen (secondary N) is 2. The van der Waals surface area contributed by atoms with Gasteiger partial charge in [0.15, 0.2) is 5.82 Å². The minimum atomic E-state index is 0.514. The van der Waals surface area contributed by atoms with Gasteiger partial charge in [-0.3, -0.25) is 5.10 Å². The Labute approximate surface area is 180 Å². The van der Waals surface area contributed by atoms with Crippen LogP contribution in [-0.4, -0.2) is 14.9 Å². The molecule has 0 aliphatic heterocycles. The van der Waals surface area contributed by atoms with Crippen molar-refractivity contribution in [3.63, 3.8) is 0 Å². The molecule has 0 bridgehead atoms. The van der Waals surface area contributed by atoms with E-state index in [0.29, 0.717) is 17.9 Å². The molecular formula is C19H20Br2N4OS. The highest BCUT2D eigenvalue weighted by atomic mass is 79.9. The molecule has 0 aliphatic rings. The van der Waals surface area contributed by atoms with Crippen LogP contribution in [-0.2, 0) is 19.6 Å². The first-order chi connectivity index (χ1) is 13.1. The van der Waals surface area contributed by atoms with E-state index in [-0.39, 0.29) is 0 Å². The van der Waals surface area contributed by atoms with Crippen LogP contribution in [0.15, 0.2) is 51.4 Å². The lowest BCUT2D eigenvalue weighted by atomic mass is 10.2. The smallest absolute Gasteiger partial charge is 0.214 e. The van der Waals surface area contributed by atoms with E-state index in [2.05, 4.69) is 54.4 Å². The molecule has 0 fully saturated rings. The Bertz CT molecular complexity index is 933. The number of H-pyrrole nitrogens is 1. The number of halogens is 2. The summed E-state index contributed by atoms with van der Waals surface area (Å²) in [4.78, 5) is 0.